The summed E-state index contributed by atoms with van der Waals surface area (Å²) in [5.41, 5.74) is 12.4. The summed E-state index contributed by atoms with van der Waals surface area (Å²) >= 11 is 0. The number of rotatable bonds is 21. The molecule has 0 unspecified atom stereocenters. The van der Waals surface area contributed by atoms with E-state index in [1.165, 1.54) is 24.4 Å². The highest BCUT2D eigenvalue weighted by molar-refractivity contribution is 6.01. The average molecular weight is 1060 g/mol. The van der Waals surface area contributed by atoms with Gasteiger partial charge in [0.05, 0.1) is 30.5 Å². The number of amides is 2. The SMILES string of the molecule is CO[C@@H](C)COc1nc(N2C[C@@H]3C[C@H]2CN3)c2cc(C3CC3)c(-c3c(O)cccc3F)c(OCc3ccc(-c4cn([C@H](C(=O)N5CCC[C@H]5C(=O)N[C@@H](CO)c5ccc(/C(=C/C=C\N)C(C)C)cc5)C(C)C)nn4)cc3)c2n1. The van der Waals surface area contributed by atoms with E-state index in [1.54, 1.807) is 29.0 Å². The summed E-state index contributed by atoms with van der Waals surface area (Å²) in [5, 5.41) is 38.2. The van der Waals surface area contributed by atoms with Gasteiger partial charge in [-0.1, -0.05) is 93.6 Å². The standard InChI is InChI=1S/C60H71FN10O7/c1-34(2)44(10-8-24-62)38-20-22-41(23-21-38)49(31-72)64-58(74)50-12-9-25-69(50)59(75)55(35(3)4)71-30-48(67-68-71)40-16-14-37(15-17-40)33-77-56-52(53-47(61)11-7-13-51(53)73)45(39-18-19-39)27-46-54(56)65-60(78-32-36(5)76-6)66-57(46)70-29-42-26-43(70)28-63-42/h7-8,10-11,13-17,20-24,27,30,34-36,39,42-43,49-50,55,63,72-73H,9,12,18-19,25-26,28-29,31-33,62H2,1-6H3,(H,64,74)/b24-8-,44-10+/t36-,42-,43-,49-,50-,55-/m0/s1. The fourth-order valence-electron chi connectivity index (χ4n) is 11.3. The number of hydrogen-bond donors (Lipinski definition) is 5. The van der Waals surface area contributed by atoms with Crippen LogP contribution in [-0.4, -0.2) is 116 Å². The van der Waals surface area contributed by atoms with Crippen molar-refractivity contribution in [1.82, 2.24) is 40.5 Å². The summed E-state index contributed by atoms with van der Waals surface area (Å²) < 4.78 is 36.3. The van der Waals surface area contributed by atoms with Gasteiger partial charge in [0.2, 0.25) is 11.8 Å². The molecule has 1 saturated carbocycles. The monoisotopic (exact) mass is 1060 g/mol. The highest BCUT2D eigenvalue weighted by atomic mass is 19.1. The second-order valence-electron chi connectivity index (χ2n) is 21.8. The number of aromatic hydroxyl groups is 1. The number of carbonyl (C=O) groups is 2. The largest absolute Gasteiger partial charge is 0.507 e. The van der Waals surface area contributed by atoms with Crippen molar-refractivity contribution in [1.29, 1.82) is 0 Å². The molecule has 18 heteroatoms. The van der Waals surface area contributed by atoms with E-state index in [0.717, 1.165) is 76.9 Å². The van der Waals surface area contributed by atoms with E-state index in [-0.39, 0.29) is 78.9 Å². The van der Waals surface area contributed by atoms with Crippen LogP contribution in [0.15, 0.2) is 97.3 Å². The van der Waals surface area contributed by atoms with Gasteiger partial charge in [0.15, 0.2) is 5.75 Å². The minimum absolute atomic E-state index is 0.0512. The number of aliphatic hydroxyl groups excluding tert-OH is 1. The van der Waals surface area contributed by atoms with Crippen LogP contribution in [0, 0.1) is 17.7 Å². The molecule has 2 aromatic heterocycles. The van der Waals surface area contributed by atoms with Crippen LogP contribution in [0.3, 0.4) is 0 Å². The van der Waals surface area contributed by atoms with E-state index in [9.17, 15) is 19.8 Å². The molecule has 4 fully saturated rings. The van der Waals surface area contributed by atoms with E-state index in [0.29, 0.717) is 48.0 Å². The fourth-order valence-corrected chi connectivity index (χ4v) is 11.3. The number of methoxy groups -OCH3 is 1. The van der Waals surface area contributed by atoms with Crippen LogP contribution in [-0.2, 0) is 20.9 Å². The highest BCUT2D eigenvalue weighted by Crippen LogP contribution is 2.53. The van der Waals surface area contributed by atoms with Crippen molar-refractivity contribution in [3.05, 3.63) is 125 Å². The van der Waals surface area contributed by atoms with Gasteiger partial charge in [-0.05, 0) is 115 Å². The maximum Gasteiger partial charge on any atom is 0.319 e. The zero-order valence-corrected chi connectivity index (χ0v) is 45.2. The van der Waals surface area contributed by atoms with Crippen molar-refractivity contribution in [2.75, 3.05) is 44.9 Å². The van der Waals surface area contributed by atoms with E-state index in [4.69, 9.17) is 29.9 Å². The Labute approximate surface area is 454 Å². The van der Waals surface area contributed by atoms with Gasteiger partial charge in [-0.25, -0.2) is 9.07 Å². The molecule has 78 heavy (non-hydrogen) atoms. The number of nitrogens with one attached hydrogen (secondary N) is 2. The third-order valence-electron chi connectivity index (χ3n) is 15.7. The summed E-state index contributed by atoms with van der Waals surface area (Å²) in [6.45, 7) is 12.0. The Hall–Kier alpha value is -7.41. The molecule has 3 aliphatic heterocycles. The summed E-state index contributed by atoms with van der Waals surface area (Å²) in [6, 6.07) is 20.4. The van der Waals surface area contributed by atoms with Crippen molar-refractivity contribution >= 4 is 34.1 Å². The van der Waals surface area contributed by atoms with Crippen LogP contribution in [0.4, 0.5) is 10.2 Å². The number of aromatic nitrogens is 5. The first-order chi connectivity index (χ1) is 37.7. The number of likely N-dealkylation sites (tertiary alicyclic amines) is 1. The third kappa shape index (κ3) is 11.2. The zero-order valence-electron chi connectivity index (χ0n) is 45.2. The van der Waals surface area contributed by atoms with Crippen molar-refractivity contribution < 1.29 is 38.4 Å². The number of aliphatic hydroxyl groups is 1. The molecule has 0 spiro atoms. The first kappa shape index (κ1) is 54.0. The molecule has 0 radical (unpaired) electrons. The second kappa shape index (κ2) is 23.3. The van der Waals surface area contributed by atoms with Gasteiger partial charge in [0.25, 0.3) is 0 Å². The number of nitrogens with two attached hydrogens (primary N) is 1. The normalized spacial score (nSPS) is 19.6. The van der Waals surface area contributed by atoms with Crippen LogP contribution in [0.1, 0.15) is 107 Å². The number of piperazine rings is 1. The van der Waals surface area contributed by atoms with E-state index < -0.39 is 23.9 Å². The average Bonchev–Trinajstić information content (AvgIpc) is 3.99. The van der Waals surface area contributed by atoms with Gasteiger partial charge in [-0.2, -0.15) is 9.97 Å². The summed E-state index contributed by atoms with van der Waals surface area (Å²) in [4.78, 5) is 42.5. The number of phenols is 1. The number of fused-ring (bicyclic) bond motifs is 3. The third-order valence-corrected chi connectivity index (χ3v) is 15.7. The molecule has 10 rings (SSSR count). The Morgan fingerprint density at radius 3 is 2.42 bits per heavy atom. The Morgan fingerprint density at radius 1 is 0.987 bits per heavy atom. The van der Waals surface area contributed by atoms with E-state index in [1.807, 2.05) is 75.4 Å². The topological polar surface area (TPSA) is 215 Å². The van der Waals surface area contributed by atoms with Gasteiger partial charge in [-0.3, -0.25) is 9.59 Å². The van der Waals surface area contributed by atoms with Crippen molar-refractivity contribution in [2.45, 2.75) is 116 Å². The number of phenolic OH excluding ortho intramolecular Hbond substituents is 1. The van der Waals surface area contributed by atoms with Crippen molar-refractivity contribution in [3.8, 4) is 39.9 Å². The number of benzene rings is 4. The van der Waals surface area contributed by atoms with Crippen LogP contribution in [0.2, 0.25) is 0 Å². The molecule has 6 atom stereocenters. The molecule has 6 N–H and O–H groups in total. The molecule has 1 aliphatic carbocycles. The molecule has 4 aliphatic rings. The molecule has 2 amide bonds. The fraction of sp³-hybridized carbons (Fsp3) is 0.433. The Kier molecular flexibility index (Phi) is 16.1. The van der Waals surface area contributed by atoms with Crippen LogP contribution >= 0.6 is 0 Å². The summed E-state index contributed by atoms with van der Waals surface area (Å²) in [7, 11) is 1.62. The lowest BCUT2D eigenvalue weighted by atomic mass is 9.92. The molecule has 2 bridgehead atoms. The van der Waals surface area contributed by atoms with E-state index >= 15 is 4.39 Å². The molecular formula is C60H71FN10O7. The lowest BCUT2D eigenvalue weighted by Crippen LogP contribution is -2.50. The summed E-state index contributed by atoms with van der Waals surface area (Å²) in [5.74, 6) is -0.122. The van der Waals surface area contributed by atoms with Gasteiger partial charge in [-0.15, -0.1) is 5.10 Å². The maximum atomic E-state index is 16.2. The lowest BCUT2D eigenvalue weighted by molar-refractivity contribution is -0.142. The van der Waals surface area contributed by atoms with Gasteiger partial charge in [0.1, 0.15) is 53.9 Å². The molecular weight excluding hydrogens is 992 g/mol. The number of hydrogen-bond acceptors (Lipinski definition) is 14. The molecule has 4 aromatic carbocycles. The molecule has 410 valence electrons. The Morgan fingerprint density at radius 2 is 1.77 bits per heavy atom. The number of halogens is 1. The molecule has 3 saturated heterocycles. The van der Waals surface area contributed by atoms with E-state index in [2.05, 4.69) is 45.8 Å². The second-order valence-corrected chi connectivity index (χ2v) is 21.8. The highest BCUT2D eigenvalue weighted by Gasteiger charge is 2.42. The first-order valence-electron chi connectivity index (χ1n) is 27.3. The van der Waals surface area contributed by atoms with Gasteiger partial charge < -0.3 is 50.6 Å². The smallest absolute Gasteiger partial charge is 0.319 e. The van der Waals surface area contributed by atoms with Crippen molar-refractivity contribution in [2.24, 2.45) is 17.6 Å². The number of nitrogens with zero attached hydrogens (tertiary/aromatic N) is 7. The minimum Gasteiger partial charge on any atom is -0.507 e. The quantitative estimate of drug-likeness (QED) is 0.0429. The summed E-state index contributed by atoms with van der Waals surface area (Å²) in [6.07, 6.45) is 10.7. The maximum absolute atomic E-state index is 16.2. The number of anilines is 1. The first-order valence-corrected chi connectivity index (χ1v) is 27.3. The van der Waals surface area contributed by atoms with Crippen molar-refractivity contribution in [3.63, 3.8) is 0 Å². The lowest BCUT2D eigenvalue weighted by Gasteiger charge is -2.30. The van der Waals surface area contributed by atoms with Crippen LogP contribution < -0.4 is 30.7 Å². The predicted octanol–water partition coefficient (Wildman–Crippen LogP) is 8.37. The predicted molar refractivity (Wildman–Crippen MR) is 297 cm³/mol. The van der Waals surface area contributed by atoms with Gasteiger partial charge in [0, 0.05) is 55.3 Å². The molecule has 6 aromatic rings. The van der Waals surface area contributed by atoms with Crippen LogP contribution in [0.5, 0.6) is 17.5 Å². The zero-order chi connectivity index (χ0) is 54.8. The van der Waals surface area contributed by atoms with Crippen LogP contribution in [0.25, 0.3) is 38.9 Å². The Balaban J connectivity index is 0.892. The van der Waals surface area contributed by atoms with Gasteiger partial charge >= 0.3 is 6.01 Å². The molecule has 17 nitrogen and oxygen atoms in total. The number of ether oxygens (including phenoxy) is 3. The minimum atomic E-state index is -0.744. The Bertz CT molecular complexity index is 3170. The molecule has 5 heterocycles. The number of carbonyl (C=O) groups excluding carboxylic acids is 2. The number of allylic oxidation sites excluding steroid dienone is 3.